The van der Waals surface area contributed by atoms with E-state index >= 15 is 0 Å². The highest BCUT2D eigenvalue weighted by Gasteiger charge is 2.27. The number of oxime groups is 1. The molecule has 1 aliphatic heterocycles. The zero-order valence-electron chi connectivity index (χ0n) is 17.4. The molecule has 1 aliphatic rings. The first-order valence-corrected chi connectivity index (χ1v) is 14.2. The van der Waals surface area contributed by atoms with E-state index in [1.54, 1.807) is 21.7 Å². The molecule has 11 heteroatoms. The molecular formula is C20H22Cl2FN5O2Si. The number of hydrogen-bond acceptors (Lipinski definition) is 6. The van der Waals surface area contributed by atoms with Crippen LogP contribution in [0.3, 0.4) is 0 Å². The molecule has 2 aromatic heterocycles. The predicted molar refractivity (Wildman–Crippen MR) is 123 cm³/mol. The van der Waals surface area contributed by atoms with Gasteiger partial charge in [0.15, 0.2) is 18.2 Å². The number of hydrogen-bond donors (Lipinski definition) is 0. The highest BCUT2D eigenvalue weighted by Crippen LogP contribution is 2.29. The van der Waals surface area contributed by atoms with Crippen molar-refractivity contribution >= 4 is 54.0 Å². The SMILES string of the molecule is C[Si](C)(C)CCOCn1c(Cl)nc2nccc(C3=NOCN3c3ccc(F)c(Cl)c3)c21. The summed E-state index contributed by atoms with van der Waals surface area (Å²) >= 11 is 12.4. The molecule has 4 rings (SSSR count). The quantitative estimate of drug-likeness (QED) is 0.336. The molecule has 164 valence electrons. The van der Waals surface area contributed by atoms with Crippen molar-refractivity contribution in [2.24, 2.45) is 5.16 Å². The van der Waals surface area contributed by atoms with Gasteiger partial charge in [0.05, 0.1) is 10.6 Å². The Hall–Kier alpha value is -2.20. The fourth-order valence-corrected chi connectivity index (χ4v) is 4.31. The van der Waals surface area contributed by atoms with E-state index in [1.165, 1.54) is 12.1 Å². The van der Waals surface area contributed by atoms with Gasteiger partial charge in [0.1, 0.15) is 18.1 Å². The molecule has 0 amide bonds. The Labute approximate surface area is 190 Å². The number of ether oxygens (including phenoxy) is 1. The second-order valence-electron chi connectivity index (χ2n) is 8.39. The maximum atomic E-state index is 13.6. The normalized spacial score (nSPS) is 14.3. The lowest BCUT2D eigenvalue weighted by atomic mass is 10.2. The monoisotopic (exact) mass is 481 g/mol. The van der Waals surface area contributed by atoms with Crippen LogP contribution in [-0.4, -0.2) is 41.8 Å². The van der Waals surface area contributed by atoms with Crippen LogP contribution < -0.4 is 4.90 Å². The van der Waals surface area contributed by atoms with Crippen LogP contribution in [0.1, 0.15) is 5.56 Å². The number of anilines is 1. The van der Waals surface area contributed by atoms with E-state index in [-0.39, 0.29) is 23.8 Å². The third kappa shape index (κ3) is 4.69. The summed E-state index contributed by atoms with van der Waals surface area (Å²) in [7, 11) is -1.21. The summed E-state index contributed by atoms with van der Waals surface area (Å²) in [6.07, 6.45) is 1.63. The molecule has 0 fully saturated rings. The fraction of sp³-hybridized carbons (Fsp3) is 0.350. The van der Waals surface area contributed by atoms with Gasteiger partial charge in [-0.25, -0.2) is 9.37 Å². The van der Waals surface area contributed by atoms with Gasteiger partial charge >= 0.3 is 0 Å². The van der Waals surface area contributed by atoms with Crippen molar-refractivity contribution in [2.45, 2.75) is 32.4 Å². The van der Waals surface area contributed by atoms with Crippen LogP contribution in [0.4, 0.5) is 10.1 Å². The van der Waals surface area contributed by atoms with E-state index < -0.39 is 13.9 Å². The first kappa shape index (κ1) is 22.0. The molecular weight excluding hydrogens is 460 g/mol. The Balaban J connectivity index is 1.68. The summed E-state index contributed by atoms with van der Waals surface area (Å²) in [6, 6.07) is 7.31. The van der Waals surface area contributed by atoms with E-state index in [4.69, 9.17) is 32.8 Å². The van der Waals surface area contributed by atoms with Crippen LogP contribution in [-0.2, 0) is 16.3 Å². The fourth-order valence-electron chi connectivity index (χ4n) is 3.17. The Morgan fingerprint density at radius 2 is 2.03 bits per heavy atom. The lowest BCUT2D eigenvalue weighted by Crippen LogP contribution is -2.28. The third-order valence-corrected chi connectivity index (χ3v) is 7.14. The van der Waals surface area contributed by atoms with Crippen molar-refractivity contribution in [1.82, 2.24) is 14.5 Å². The second kappa shape index (κ2) is 8.74. The Morgan fingerprint density at radius 3 is 2.77 bits per heavy atom. The molecule has 0 aliphatic carbocycles. The maximum Gasteiger partial charge on any atom is 0.207 e. The number of rotatable bonds is 7. The van der Waals surface area contributed by atoms with Crippen LogP contribution in [0, 0.1) is 5.82 Å². The predicted octanol–water partition coefficient (Wildman–Crippen LogP) is 5.35. The van der Waals surface area contributed by atoms with Crippen molar-refractivity contribution in [3.8, 4) is 0 Å². The van der Waals surface area contributed by atoms with Crippen molar-refractivity contribution in [1.29, 1.82) is 0 Å². The lowest BCUT2D eigenvalue weighted by molar-refractivity contribution is 0.0900. The second-order valence-corrected chi connectivity index (χ2v) is 14.8. The molecule has 31 heavy (non-hydrogen) atoms. The zero-order chi connectivity index (χ0) is 22.2. The first-order chi connectivity index (χ1) is 14.7. The molecule has 1 aromatic carbocycles. The molecule has 0 saturated carbocycles. The minimum absolute atomic E-state index is 0.0208. The number of imidazole rings is 1. The average molecular weight is 482 g/mol. The van der Waals surface area contributed by atoms with E-state index in [1.807, 2.05) is 6.07 Å². The molecule has 0 N–H and O–H groups in total. The van der Waals surface area contributed by atoms with Gasteiger partial charge in [-0.1, -0.05) is 36.4 Å². The number of fused-ring (bicyclic) bond motifs is 1. The van der Waals surface area contributed by atoms with Gasteiger partial charge in [-0.2, -0.15) is 4.98 Å². The van der Waals surface area contributed by atoms with Crippen molar-refractivity contribution in [2.75, 3.05) is 18.2 Å². The van der Waals surface area contributed by atoms with Gasteiger partial charge in [-0.3, -0.25) is 9.47 Å². The minimum Gasteiger partial charge on any atom is -0.371 e. The molecule has 7 nitrogen and oxygen atoms in total. The van der Waals surface area contributed by atoms with Gasteiger partial charge in [-0.05, 0) is 41.9 Å². The summed E-state index contributed by atoms with van der Waals surface area (Å²) in [6.45, 7) is 7.95. The highest BCUT2D eigenvalue weighted by atomic mass is 35.5. The van der Waals surface area contributed by atoms with Gasteiger partial charge in [0, 0.05) is 26.6 Å². The molecule has 0 radical (unpaired) electrons. The number of pyridine rings is 1. The van der Waals surface area contributed by atoms with Gasteiger partial charge in [0.25, 0.3) is 0 Å². The van der Waals surface area contributed by atoms with E-state index in [2.05, 4.69) is 34.8 Å². The molecule has 3 aromatic rings. The van der Waals surface area contributed by atoms with Crippen LogP contribution >= 0.6 is 23.2 Å². The van der Waals surface area contributed by atoms with Gasteiger partial charge in [0.2, 0.25) is 5.28 Å². The number of halogens is 3. The summed E-state index contributed by atoms with van der Waals surface area (Å²) in [5, 5.41) is 4.50. The van der Waals surface area contributed by atoms with Gasteiger partial charge < -0.3 is 9.57 Å². The molecule has 0 atom stereocenters. The summed E-state index contributed by atoms with van der Waals surface area (Å²) in [5.41, 5.74) is 2.53. The molecule has 3 heterocycles. The Kier molecular flexibility index (Phi) is 6.20. The standard InChI is InChI=1S/C20H22Cl2FN5O2Si/c1-31(2,3)9-8-29-11-28-17-14(6-7-24-18(17)25-20(28)22)19-26-30-12-27(19)13-4-5-16(23)15(21)10-13/h4-7,10H,8-9,11-12H2,1-3H3. The van der Waals surface area contributed by atoms with Crippen LogP contribution in [0.15, 0.2) is 35.6 Å². The van der Waals surface area contributed by atoms with E-state index in [0.717, 1.165) is 11.6 Å². The third-order valence-electron chi connectivity index (χ3n) is 4.86. The zero-order valence-corrected chi connectivity index (χ0v) is 19.9. The molecule has 0 spiro atoms. The summed E-state index contributed by atoms with van der Waals surface area (Å²) < 4.78 is 21.3. The average Bonchev–Trinajstić information content (AvgIpc) is 3.31. The number of benzene rings is 1. The maximum absolute atomic E-state index is 13.6. The highest BCUT2D eigenvalue weighted by molar-refractivity contribution is 6.76. The molecule has 0 unspecified atom stereocenters. The van der Waals surface area contributed by atoms with E-state index in [9.17, 15) is 4.39 Å². The topological polar surface area (TPSA) is 64.8 Å². The largest absolute Gasteiger partial charge is 0.371 e. The van der Waals surface area contributed by atoms with Gasteiger partial charge in [-0.15, -0.1) is 0 Å². The lowest BCUT2D eigenvalue weighted by Gasteiger charge is -2.19. The van der Waals surface area contributed by atoms with Crippen LogP contribution in [0.5, 0.6) is 0 Å². The van der Waals surface area contributed by atoms with Crippen molar-refractivity contribution in [3.05, 3.63) is 52.1 Å². The number of nitrogens with zero attached hydrogens (tertiary/aromatic N) is 5. The number of amidine groups is 1. The van der Waals surface area contributed by atoms with Crippen molar-refractivity contribution in [3.63, 3.8) is 0 Å². The Morgan fingerprint density at radius 1 is 1.23 bits per heavy atom. The van der Waals surface area contributed by atoms with Crippen LogP contribution in [0.2, 0.25) is 36.0 Å². The Bertz CT molecular complexity index is 1150. The first-order valence-electron chi connectivity index (χ1n) is 9.76. The minimum atomic E-state index is -1.21. The molecule has 0 saturated heterocycles. The van der Waals surface area contributed by atoms with Crippen LogP contribution in [0.25, 0.3) is 11.2 Å². The number of aromatic nitrogens is 3. The summed E-state index contributed by atoms with van der Waals surface area (Å²) in [4.78, 5) is 15.8. The summed E-state index contributed by atoms with van der Waals surface area (Å²) in [5.74, 6) is 0.0330. The van der Waals surface area contributed by atoms with Crippen molar-refractivity contribution < 1.29 is 14.0 Å². The molecule has 0 bridgehead atoms. The smallest absolute Gasteiger partial charge is 0.207 e. The van der Waals surface area contributed by atoms with E-state index in [0.29, 0.717) is 29.3 Å².